The molecular formula is C33H8F8N8+2. The first-order chi connectivity index (χ1) is 23.6. The average Bonchev–Trinajstić information content (AvgIpc) is 3.81. The molecule has 0 radical (unpaired) electrons. The third kappa shape index (κ3) is 2.39. The molecule has 2 aromatic heterocycles. The molecule has 8 nitrogen and oxygen atoms in total. The highest BCUT2D eigenvalue weighted by atomic mass is 19.2. The molecule has 6 aliphatic heterocycles. The van der Waals surface area contributed by atoms with Crippen LogP contribution in [0.15, 0.2) is 68.5 Å². The molecule has 1 spiro atoms. The zero-order chi connectivity index (χ0) is 33.2. The standard InChI is InChI=1S/C33H8F8N8/c34-9-1-2-10(35)18-17(9)25-42-27-19-11(36)3-4-12(37)20(19)29-44-31-23-15(40)7-8-16(41)24(23)32-45-30-22-14(39)6-5-13(38)21(22)28-43-26(18)46(25)33(47(27)29,48(28)30)49(31)32/h1-8H/q+2. The lowest BCUT2D eigenvalue weighted by Crippen LogP contribution is -2.71. The van der Waals surface area contributed by atoms with Gasteiger partial charge in [0, 0.05) is 0 Å². The average molecular weight is 668 g/mol. The second-order valence-electron chi connectivity index (χ2n) is 12.1. The summed E-state index contributed by atoms with van der Waals surface area (Å²) in [5.74, 6) is -12.1. The zero-order valence-corrected chi connectivity index (χ0v) is 23.7. The van der Waals surface area contributed by atoms with Crippen molar-refractivity contribution >= 4 is 56.5 Å². The topological polar surface area (TPSA) is 65.3 Å². The fourth-order valence-electron chi connectivity index (χ4n) is 8.24. The van der Waals surface area contributed by atoms with Gasteiger partial charge in [-0.25, -0.2) is 35.1 Å². The molecule has 0 unspecified atom stereocenters. The Morgan fingerprint density at radius 2 is 0.755 bits per heavy atom. The van der Waals surface area contributed by atoms with Crippen molar-refractivity contribution in [1.29, 1.82) is 0 Å². The minimum atomic E-state index is -2.32. The molecule has 8 heterocycles. The summed E-state index contributed by atoms with van der Waals surface area (Å²) in [6.45, 7) is 0. The Labute approximate surface area is 264 Å². The number of fused-ring (bicyclic) bond motifs is 12. The number of halogens is 8. The predicted octanol–water partition coefficient (Wildman–Crippen LogP) is 4.82. The van der Waals surface area contributed by atoms with Crippen molar-refractivity contribution in [3.8, 4) is 0 Å². The molecule has 12 rings (SSSR count). The number of aliphatic imine (C=N–C) groups is 2. The maximum atomic E-state index is 15.9. The van der Waals surface area contributed by atoms with Crippen LogP contribution in [-0.4, -0.2) is 41.6 Å². The van der Waals surface area contributed by atoms with Gasteiger partial charge in [0.1, 0.15) is 68.8 Å². The van der Waals surface area contributed by atoms with E-state index in [2.05, 4.69) is 20.0 Å². The molecule has 0 N–H and O–H groups in total. The molecule has 0 fully saturated rings. The van der Waals surface area contributed by atoms with E-state index in [-0.39, 0.29) is 46.0 Å². The number of benzene rings is 4. The highest BCUT2D eigenvalue weighted by Gasteiger charge is 2.71. The smallest absolute Gasteiger partial charge is 0.206 e. The van der Waals surface area contributed by atoms with Crippen LogP contribution in [0.2, 0.25) is 0 Å². The number of aromatic nitrogens is 2. The molecule has 234 valence electrons. The van der Waals surface area contributed by atoms with Gasteiger partial charge in [-0.05, 0) is 48.5 Å². The van der Waals surface area contributed by atoms with Crippen molar-refractivity contribution in [2.75, 3.05) is 0 Å². The Morgan fingerprint density at radius 3 is 1.16 bits per heavy atom. The maximum absolute atomic E-state index is 15.9. The van der Waals surface area contributed by atoms with Crippen molar-refractivity contribution in [1.82, 2.24) is 9.13 Å². The van der Waals surface area contributed by atoms with Crippen molar-refractivity contribution in [2.45, 2.75) is 5.91 Å². The van der Waals surface area contributed by atoms with Crippen LogP contribution in [0.1, 0.15) is 22.3 Å². The SMILES string of the molecule is Fc1ccc(F)c2c1C1=Nc3c4c(F)ccc(F)c4c4n3C35n6c(c7c(F)ccc(F)c7c6=NC6=[N+]3C(=N4)c3c(F)ccc(F)c36)=NC2=[N+]15. The predicted molar refractivity (Wildman–Crippen MR) is 153 cm³/mol. The van der Waals surface area contributed by atoms with E-state index in [4.69, 9.17) is 0 Å². The fourth-order valence-corrected chi connectivity index (χ4v) is 8.24. The second-order valence-corrected chi connectivity index (χ2v) is 12.1. The molecule has 0 amide bonds. The first kappa shape index (κ1) is 25.7. The fraction of sp³-hybridized carbons (Fsp3) is 0.0303. The third-order valence-electron chi connectivity index (χ3n) is 9.95. The molecule has 0 saturated carbocycles. The third-order valence-corrected chi connectivity index (χ3v) is 9.95. The summed E-state index contributed by atoms with van der Waals surface area (Å²) < 4.78 is 132. The molecule has 0 bridgehead atoms. The van der Waals surface area contributed by atoms with Crippen LogP contribution in [0, 0.1) is 46.5 Å². The quantitative estimate of drug-likeness (QED) is 0.165. The lowest BCUT2D eigenvalue weighted by Gasteiger charge is -2.40. The van der Waals surface area contributed by atoms with E-state index in [9.17, 15) is 0 Å². The van der Waals surface area contributed by atoms with E-state index >= 15 is 35.1 Å². The van der Waals surface area contributed by atoms with E-state index in [0.717, 1.165) is 48.5 Å². The van der Waals surface area contributed by atoms with Crippen LogP contribution < -0.4 is 11.0 Å². The summed E-state index contributed by atoms with van der Waals surface area (Å²) in [5.41, 5.74) is -2.37. The number of amidine groups is 4. The van der Waals surface area contributed by atoms with Crippen LogP contribution in [0.4, 0.5) is 46.8 Å². The first-order valence-corrected chi connectivity index (χ1v) is 14.6. The van der Waals surface area contributed by atoms with Crippen molar-refractivity contribution in [3.05, 3.63) is 128 Å². The van der Waals surface area contributed by atoms with Crippen LogP contribution in [0.5, 0.6) is 0 Å². The van der Waals surface area contributed by atoms with Gasteiger partial charge < -0.3 is 0 Å². The molecular weight excluding hydrogens is 660 g/mol. The normalized spacial score (nSPS) is 17.6. The molecule has 6 aromatic rings. The van der Waals surface area contributed by atoms with Gasteiger partial charge in [-0.2, -0.15) is 9.13 Å². The summed E-state index contributed by atoms with van der Waals surface area (Å²) in [6.07, 6.45) is 0. The van der Waals surface area contributed by atoms with Gasteiger partial charge in [-0.1, -0.05) is 20.0 Å². The Bertz CT molecular complexity index is 2890. The Balaban J connectivity index is 1.47. The molecule has 16 heteroatoms. The largest absolute Gasteiger partial charge is 0.404 e. The number of hydrogen-bond donors (Lipinski definition) is 0. The van der Waals surface area contributed by atoms with Crippen LogP contribution in [-0.2, 0) is 5.91 Å². The van der Waals surface area contributed by atoms with E-state index in [1.807, 2.05) is 0 Å². The van der Waals surface area contributed by atoms with E-state index in [0.29, 0.717) is 0 Å². The van der Waals surface area contributed by atoms with Crippen LogP contribution >= 0.6 is 0 Å². The minimum absolute atomic E-state index is 0.345. The summed E-state index contributed by atoms with van der Waals surface area (Å²) in [6, 6.07) is 6.77. The highest BCUT2D eigenvalue weighted by molar-refractivity contribution is 6.20. The molecule has 6 aliphatic rings. The summed E-state index contributed by atoms with van der Waals surface area (Å²) in [4.78, 5) is 18.3. The van der Waals surface area contributed by atoms with E-state index < -0.39 is 96.2 Å². The lowest BCUT2D eigenvalue weighted by atomic mass is 10.1. The molecule has 0 saturated heterocycles. The number of rotatable bonds is 0. The lowest BCUT2D eigenvalue weighted by molar-refractivity contribution is -0.790. The second kappa shape index (κ2) is 7.53. The van der Waals surface area contributed by atoms with Gasteiger partial charge in [-0.3, -0.25) is 0 Å². The molecule has 0 aliphatic carbocycles. The van der Waals surface area contributed by atoms with Gasteiger partial charge in [0.2, 0.25) is 22.6 Å². The molecule has 0 atom stereocenters. The Hall–Kier alpha value is -6.32. The maximum Gasteiger partial charge on any atom is 0.404 e. The van der Waals surface area contributed by atoms with Gasteiger partial charge >= 0.3 is 5.91 Å². The Morgan fingerprint density at radius 1 is 0.408 bits per heavy atom. The van der Waals surface area contributed by atoms with E-state index in [1.54, 1.807) is 0 Å². The first-order valence-electron chi connectivity index (χ1n) is 14.6. The molecule has 49 heavy (non-hydrogen) atoms. The van der Waals surface area contributed by atoms with Gasteiger partial charge in [-0.15, -0.1) is 9.15 Å². The van der Waals surface area contributed by atoms with Crippen molar-refractivity contribution in [2.24, 2.45) is 20.0 Å². The van der Waals surface area contributed by atoms with Gasteiger partial charge in [0.05, 0.1) is 21.5 Å². The monoisotopic (exact) mass is 668 g/mol. The van der Waals surface area contributed by atoms with Crippen molar-refractivity contribution < 1.29 is 44.3 Å². The van der Waals surface area contributed by atoms with Gasteiger partial charge in [0.15, 0.2) is 0 Å². The zero-order valence-electron chi connectivity index (χ0n) is 23.7. The number of hydrogen-bond acceptors (Lipinski definition) is 4. The summed E-state index contributed by atoms with van der Waals surface area (Å²) >= 11 is 0. The molecule has 4 aromatic carbocycles. The van der Waals surface area contributed by atoms with E-state index in [1.165, 1.54) is 18.3 Å². The highest BCUT2D eigenvalue weighted by Crippen LogP contribution is 2.54. The Kier molecular flexibility index (Phi) is 3.96. The summed E-state index contributed by atoms with van der Waals surface area (Å²) in [5, 5.41) is -1.68. The summed E-state index contributed by atoms with van der Waals surface area (Å²) in [7, 11) is 0. The van der Waals surface area contributed by atoms with Crippen LogP contribution in [0.25, 0.3) is 21.5 Å². The van der Waals surface area contributed by atoms with Gasteiger partial charge in [0.25, 0.3) is 23.3 Å². The van der Waals surface area contributed by atoms with Crippen molar-refractivity contribution in [3.63, 3.8) is 0 Å². The van der Waals surface area contributed by atoms with Crippen LogP contribution in [0.3, 0.4) is 0 Å². The number of nitrogens with zero attached hydrogens (tertiary/aromatic N) is 8. The minimum Gasteiger partial charge on any atom is -0.206 e.